The third kappa shape index (κ3) is 4.46. The Morgan fingerprint density at radius 1 is 1.00 bits per heavy atom. The predicted octanol–water partition coefficient (Wildman–Crippen LogP) is 3.03. The third-order valence-electron chi connectivity index (χ3n) is 6.49. The van der Waals surface area contributed by atoms with Crippen LogP contribution in [0.25, 0.3) is 0 Å². The van der Waals surface area contributed by atoms with E-state index in [1.807, 2.05) is 6.92 Å². The Kier molecular flexibility index (Phi) is 5.80. The molecule has 1 saturated heterocycles. The van der Waals surface area contributed by atoms with Crippen LogP contribution in [-0.2, 0) is 0 Å². The molecule has 1 heterocycles. The summed E-state index contributed by atoms with van der Waals surface area (Å²) in [7, 11) is 0. The molecule has 3 nitrogen and oxygen atoms in total. The van der Waals surface area contributed by atoms with E-state index in [4.69, 9.17) is 0 Å². The minimum Gasteiger partial charge on any atom is -0.393 e. The van der Waals surface area contributed by atoms with Crippen molar-refractivity contribution in [1.29, 1.82) is 0 Å². The van der Waals surface area contributed by atoms with E-state index in [0.717, 1.165) is 24.8 Å². The number of piperidine rings is 1. The quantitative estimate of drug-likeness (QED) is 0.792. The van der Waals surface area contributed by atoms with Gasteiger partial charge in [0.15, 0.2) is 0 Å². The molecule has 3 rings (SSSR count). The van der Waals surface area contributed by atoms with Gasteiger partial charge in [0.05, 0.1) is 6.10 Å². The molecule has 0 bridgehead atoms. The van der Waals surface area contributed by atoms with Crippen molar-refractivity contribution in [3.05, 3.63) is 0 Å². The van der Waals surface area contributed by atoms with E-state index in [2.05, 4.69) is 17.1 Å². The van der Waals surface area contributed by atoms with Gasteiger partial charge in [0.2, 0.25) is 0 Å². The molecule has 0 aromatic heterocycles. The Bertz CT molecular complexity index is 336. The van der Waals surface area contributed by atoms with Crippen LogP contribution in [0.2, 0.25) is 0 Å². The molecule has 3 aliphatic rings. The fourth-order valence-electron chi connectivity index (χ4n) is 4.60. The van der Waals surface area contributed by atoms with Crippen LogP contribution in [0.15, 0.2) is 0 Å². The largest absolute Gasteiger partial charge is 0.393 e. The summed E-state index contributed by atoms with van der Waals surface area (Å²) in [5, 5.41) is 14.0. The van der Waals surface area contributed by atoms with Crippen molar-refractivity contribution in [2.24, 2.45) is 17.8 Å². The highest BCUT2D eigenvalue weighted by Crippen LogP contribution is 2.37. The summed E-state index contributed by atoms with van der Waals surface area (Å²) < 4.78 is 0. The van der Waals surface area contributed by atoms with E-state index in [-0.39, 0.29) is 6.10 Å². The number of aliphatic hydroxyl groups excluding tert-OH is 1. The maximum Gasteiger partial charge on any atom is 0.0553 e. The monoisotopic (exact) mass is 308 g/mol. The van der Waals surface area contributed by atoms with Gasteiger partial charge in [-0.05, 0) is 70.3 Å². The molecule has 0 radical (unpaired) electrons. The molecule has 3 heteroatoms. The van der Waals surface area contributed by atoms with Gasteiger partial charge in [-0.2, -0.15) is 0 Å². The first-order valence-corrected chi connectivity index (χ1v) is 9.79. The maximum absolute atomic E-state index is 10.1. The third-order valence-corrected chi connectivity index (χ3v) is 6.49. The standard InChI is InChI=1S/C19H36N2O/c1-14(17-8-9-17)21-12-18(15(2)22)10-19(13-21)20-11-16-6-4-3-5-7-16/h14-20,22H,3-13H2,1-2H3. The van der Waals surface area contributed by atoms with Crippen molar-refractivity contribution >= 4 is 0 Å². The van der Waals surface area contributed by atoms with Crippen molar-refractivity contribution in [2.45, 2.75) is 83.4 Å². The summed E-state index contributed by atoms with van der Waals surface area (Å²) in [5.41, 5.74) is 0. The van der Waals surface area contributed by atoms with Crippen LogP contribution in [0.3, 0.4) is 0 Å². The molecule has 4 unspecified atom stereocenters. The van der Waals surface area contributed by atoms with Crippen LogP contribution in [-0.4, -0.2) is 47.8 Å². The molecule has 3 fully saturated rings. The molecule has 22 heavy (non-hydrogen) atoms. The van der Waals surface area contributed by atoms with Gasteiger partial charge in [-0.1, -0.05) is 19.3 Å². The number of rotatable bonds is 6. The molecule has 0 aromatic rings. The second kappa shape index (κ2) is 7.63. The average Bonchev–Trinajstić information content (AvgIpc) is 3.38. The molecule has 0 amide bonds. The fourth-order valence-corrected chi connectivity index (χ4v) is 4.60. The van der Waals surface area contributed by atoms with E-state index in [9.17, 15) is 5.11 Å². The summed E-state index contributed by atoms with van der Waals surface area (Å²) in [5.74, 6) is 2.26. The highest BCUT2D eigenvalue weighted by molar-refractivity contribution is 4.92. The van der Waals surface area contributed by atoms with Gasteiger partial charge in [0.25, 0.3) is 0 Å². The lowest BCUT2D eigenvalue weighted by Crippen LogP contribution is -2.54. The molecule has 2 aliphatic carbocycles. The Morgan fingerprint density at radius 2 is 1.73 bits per heavy atom. The van der Waals surface area contributed by atoms with Crippen LogP contribution in [0.5, 0.6) is 0 Å². The number of hydrogen-bond acceptors (Lipinski definition) is 3. The molecular formula is C19H36N2O. The summed E-state index contributed by atoms with van der Waals surface area (Å²) >= 11 is 0. The Balaban J connectivity index is 1.52. The van der Waals surface area contributed by atoms with Gasteiger partial charge >= 0.3 is 0 Å². The lowest BCUT2D eigenvalue weighted by Gasteiger charge is -2.43. The zero-order valence-corrected chi connectivity index (χ0v) is 14.6. The minimum atomic E-state index is -0.173. The van der Waals surface area contributed by atoms with Crippen molar-refractivity contribution in [1.82, 2.24) is 10.2 Å². The Morgan fingerprint density at radius 3 is 2.36 bits per heavy atom. The molecule has 0 aromatic carbocycles. The van der Waals surface area contributed by atoms with Crippen molar-refractivity contribution < 1.29 is 5.11 Å². The van der Waals surface area contributed by atoms with Crippen molar-refractivity contribution in [3.8, 4) is 0 Å². The molecule has 2 saturated carbocycles. The van der Waals surface area contributed by atoms with Gasteiger partial charge in [-0.15, -0.1) is 0 Å². The van der Waals surface area contributed by atoms with Crippen LogP contribution >= 0.6 is 0 Å². The van der Waals surface area contributed by atoms with E-state index < -0.39 is 0 Å². The van der Waals surface area contributed by atoms with Crippen molar-refractivity contribution in [3.63, 3.8) is 0 Å². The fraction of sp³-hybridized carbons (Fsp3) is 1.00. The highest BCUT2D eigenvalue weighted by atomic mass is 16.3. The molecular weight excluding hydrogens is 272 g/mol. The number of likely N-dealkylation sites (tertiary alicyclic amines) is 1. The first-order valence-electron chi connectivity index (χ1n) is 9.79. The predicted molar refractivity (Wildman–Crippen MR) is 91.9 cm³/mol. The number of nitrogens with one attached hydrogen (secondary N) is 1. The molecule has 0 spiro atoms. The second-order valence-electron chi connectivity index (χ2n) is 8.38. The van der Waals surface area contributed by atoms with E-state index in [0.29, 0.717) is 18.0 Å². The van der Waals surface area contributed by atoms with Crippen LogP contribution in [0.4, 0.5) is 0 Å². The smallest absolute Gasteiger partial charge is 0.0553 e. The van der Waals surface area contributed by atoms with Gasteiger partial charge < -0.3 is 10.4 Å². The highest BCUT2D eigenvalue weighted by Gasteiger charge is 2.37. The average molecular weight is 309 g/mol. The van der Waals surface area contributed by atoms with E-state index in [1.165, 1.54) is 58.0 Å². The molecule has 4 atom stereocenters. The number of nitrogens with zero attached hydrogens (tertiary/aromatic N) is 1. The molecule has 1 aliphatic heterocycles. The lowest BCUT2D eigenvalue weighted by atomic mass is 9.87. The van der Waals surface area contributed by atoms with E-state index in [1.54, 1.807) is 0 Å². The number of aliphatic hydroxyl groups is 1. The molecule has 2 N–H and O–H groups in total. The normalized spacial score (nSPS) is 34.5. The van der Waals surface area contributed by atoms with Crippen molar-refractivity contribution in [2.75, 3.05) is 19.6 Å². The zero-order chi connectivity index (χ0) is 15.5. The maximum atomic E-state index is 10.1. The van der Waals surface area contributed by atoms with Gasteiger partial charge in [0, 0.05) is 25.2 Å². The first-order chi connectivity index (χ1) is 10.6. The topological polar surface area (TPSA) is 35.5 Å². The van der Waals surface area contributed by atoms with Crippen LogP contribution in [0, 0.1) is 17.8 Å². The SMILES string of the molecule is CC(O)C1CC(NCC2CCCCC2)CN(C(C)C2CC2)C1. The first kappa shape index (κ1) is 16.7. The Hall–Kier alpha value is -0.120. The van der Waals surface area contributed by atoms with E-state index >= 15 is 0 Å². The number of hydrogen-bond donors (Lipinski definition) is 2. The van der Waals surface area contributed by atoms with Crippen LogP contribution < -0.4 is 5.32 Å². The minimum absolute atomic E-state index is 0.173. The lowest BCUT2D eigenvalue weighted by molar-refractivity contribution is 0.0271. The second-order valence-corrected chi connectivity index (χ2v) is 8.38. The molecule has 128 valence electrons. The van der Waals surface area contributed by atoms with Gasteiger partial charge in [-0.25, -0.2) is 0 Å². The van der Waals surface area contributed by atoms with Gasteiger partial charge in [-0.3, -0.25) is 4.90 Å². The summed E-state index contributed by atoms with van der Waals surface area (Å²) in [4.78, 5) is 2.66. The summed E-state index contributed by atoms with van der Waals surface area (Å²) in [6.07, 6.45) is 10.9. The zero-order valence-electron chi connectivity index (χ0n) is 14.6. The summed E-state index contributed by atoms with van der Waals surface area (Å²) in [6.45, 7) is 7.86. The van der Waals surface area contributed by atoms with Crippen LogP contribution in [0.1, 0.15) is 65.2 Å². The summed E-state index contributed by atoms with van der Waals surface area (Å²) in [6, 6.07) is 1.29. The Labute approximate surface area is 136 Å². The van der Waals surface area contributed by atoms with Gasteiger partial charge in [0.1, 0.15) is 0 Å².